The molecule has 0 aliphatic carbocycles. The predicted octanol–water partition coefficient (Wildman–Crippen LogP) is 4.68. The molecule has 1 spiro atoms. The topological polar surface area (TPSA) is 107 Å². The van der Waals surface area contributed by atoms with Crippen molar-refractivity contribution in [2.45, 2.75) is 37.7 Å². The van der Waals surface area contributed by atoms with Gasteiger partial charge in [-0.1, -0.05) is 0 Å². The van der Waals surface area contributed by atoms with Crippen LogP contribution in [0.15, 0.2) is 47.3 Å². The summed E-state index contributed by atoms with van der Waals surface area (Å²) >= 11 is 0. The molecule has 2 saturated heterocycles. The molecule has 8 nitrogen and oxygen atoms in total. The number of carbonyl (C=O) groups is 2. The van der Waals surface area contributed by atoms with Crippen LogP contribution < -0.4 is 4.90 Å². The van der Waals surface area contributed by atoms with Gasteiger partial charge in [-0.05, 0) is 30.7 Å². The van der Waals surface area contributed by atoms with Gasteiger partial charge in [-0.3, -0.25) is 9.88 Å². The minimum absolute atomic E-state index is 0.0887. The highest BCUT2D eigenvalue weighted by atomic mass is 19.4. The standard InChI is InChI=1S/C18H21F2N3O.2C2HF3O2/c19-18(20)6-8-22(12-16-4-2-10-24-16)13-17(18)5-9-23(14-17)15-3-1-7-21-11-15;2*3-2(4,5)1(6)7/h1-4,7,10-11H,5-6,8-9,12-14H2;2*(H,6,7). The van der Waals surface area contributed by atoms with Crippen molar-refractivity contribution in [1.29, 1.82) is 0 Å². The van der Waals surface area contributed by atoms with Crippen LogP contribution in [-0.4, -0.2) is 76.5 Å². The molecule has 2 aliphatic heterocycles. The third-order valence-corrected chi connectivity index (χ3v) is 5.85. The Kier molecular flexibility index (Phi) is 9.69. The molecule has 2 fully saturated rings. The molecule has 0 saturated carbocycles. The van der Waals surface area contributed by atoms with Gasteiger partial charge in [0, 0.05) is 38.8 Å². The molecular weight excluding hydrogens is 538 g/mol. The lowest BCUT2D eigenvalue weighted by molar-refractivity contribution is -0.193. The van der Waals surface area contributed by atoms with E-state index >= 15 is 0 Å². The van der Waals surface area contributed by atoms with Crippen molar-refractivity contribution in [1.82, 2.24) is 9.88 Å². The van der Waals surface area contributed by atoms with Crippen molar-refractivity contribution in [3.05, 3.63) is 48.7 Å². The summed E-state index contributed by atoms with van der Waals surface area (Å²) < 4.78 is 98.5. The zero-order valence-corrected chi connectivity index (χ0v) is 19.5. The fourth-order valence-electron chi connectivity index (χ4n) is 4.01. The number of carboxylic acids is 2. The van der Waals surface area contributed by atoms with E-state index in [2.05, 4.69) is 9.88 Å². The first-order chi connectivity index (χ1) is 17.5. The third-order valence-electron chi connectivity index (χ3n) is 5.85. The smallest absolute Gasteiger partial charge is 0.475 e. The second-order valence-electron chi connectivity index (χ2n) is 8.51. The quantitative estimate of drug-likeness (QED) is 0.521. The average Bonchev–Trinajstić information content (AvgIpc) is 3.48. The summed E-state index contributed by atoms with van der Waals surface area (Å²) in [6, 6.07) is 7.52. The van der Waals surface area contributed by atoms with Crippen LogP contribution in [0.1, 0.15) is 18.6 Å². The summed E-state index contributed by atoms with van der Waals surface area (Å²) in [6.07, 6.45) is -4.67. The maximum atomic E-state index is 14.8. The lowest BCUT2D eigenvalue weighted by Crippen LogP contribution is -2.56. The van der Waals surface area contributed by atoms with Crippen molar-refractivity contribution in [2.75, 3.05) is 31.1 Å². The molecule has 4 rings (SSSR count). The van der Waals surface area contributed by atoms with E-state index in [0.717, 1.165) is 11.4 Å². The first kappa shape index (κ1) is 30.8. The van der Waals surface area contributed by atoms with E-state index in [0.29, 0.717) is 39.1 Å². The molecule has 0 amide bonds. The maximum Gasteiger partial charge on any atom is 0.490 e. The molecule has 0 aromatic carbocycles. The Bertz CT molecular complexity index is 1020. The molecule has 2 aliphatic rings. The molecule has 2 aromatic rings. The number of hydrogen-bond acceptors (Lipinski definition) is 6. The van der Waals surface area contributed by atoms with Gasteiger partial charge in [0.2, 0.25) is 0 Å². The highest BCUT2D eigenvalue weighted by Crippen LogP contribution is 2.50. The van der Waals surface area contributed by atoms with Crippen LogP contribution in [0.2, 0.25) is 0 Å². The number of piperidine rings is 1. The largest absolute Gasteiger partial charge is 0.490 e. The predicted molar refractivity (Wildman–Crippen MR) is 114 cm³/mol. The number of anilines is 1. The number of carboxylic acid groups (broad SMARTS) is 2. The molecule has 0 radical (unpaired) electrons. The minimum atomic E-state index is -5.08. The first-order valence-corrected chi connectivity index (χ1v) is 10.8. The lowest BCUT2D eigenvalue weighted by atomic mass is 9.75. The fraction of sp³-hybridized carbons (Fsp3) is 0.500. The summed E-state index contributed by atoms with van der Waals surface area (Å²) in [6.45, 7) is 2.42. The van der Waals surface area contributed by atoms with Gasteiger partial charge >= 0.3 is 24.3 Å². The highest BCUT2D eigenvalue weighted by molar-refractivity contribution is 5.73. The Balaban J connectivity index is 0.000000301. The van der Waals surface area contributed by atoms with Crippen molar-refractivity contribution in [2.24, 2.45) is 5.41 Å². The van der Waals surface area contributed by atoms with E-state index in [-0.39, 0.29) is 6.42 Å². The van der Waals surface area contributed by atoms with Gasteiger partial charge in [-0.15, -0.1) is 0 Å². The number of rotatable bonds is 3. The van der Waals surface area contributed by atoms with E-state index in [9.17, 15) is 35.1 Å². The van der Waals surface area contributed by atoms with Gasteiger partial charge in [0.25, 0.3) is 5.92 Å². The van der Waals surface area contributed by atoms with Crippen LogP contribution in [0.25, 0.3) is 0 Å². The van der Waals surface area contributed by atoms with E-state index < -0.39 is 35.6 Å². The third kappa shape index (κ3) is 8.29. The molecule has 2 N–H and O–H groups in total. The number of furan rings is 1. The van der Waals surface area contributed by atoms with Crippen LogP contribution in [0.3, 0.4) is 0 Å². The van der Waals surface area contributed by atoms with Gasteiger partial charge < -0.3 is 19.5 Å². The van der Waals surface area contributed by atoms with Crippen LogP contribution in [0.5, 0.6) is 0 Å². The second-order valence-corrected chi connectivity index (χ2v) is 8.51. The summed E-state index contributed by atoms with van der Waals surface area (Å²) in [5.74, 6) is -7.32. The summed E-state index contributed by atoms with van der Waals surface area (Å²) in [7, 11) is 0. The van der Waals surface area contributed by atoms with Gasteiger partial charge in [-0.25, -0.2) is 18.4 Å². The van der Waals surface area contributed by atoms with E-state index in [1.807, 2.05) is 29.2 Å². The van der Waals surface area contributed by atoms with Crippen LogP contribution >= 0.6 is 0 Å². The molecule has 38 heavy (non-hydrogen) atoms. The number of pyridine rings is 1. The molecule has 212 valence electrons. The van der Waals surface area contributed by atoms with Crippen LogP contribution in [0.4, 0.5) is 40.8 Å². The van der Waals surface area contributed by atoms with Gasteiger partial charge in [-0.2, -0.15) is 26.3 Å². The zero-order chi connectivity index (χ0) is 28.8. The number of aliphatic carboxylic acids is 2. The van der Waals surface area contributed by atoms with Crippen molar-refractivity contribution in [3.63, 3.8) is 0 Å². The summed E-state index contributed by atoms with van der Waals surface area (Å²) in [4.78, 5) is 26.0. The SMILES string of the molecule is FC1(F)CCN(Cc2ccco2)CC12CCN(c1cccnc1)C2.O=C(O)C(F)(F)F.O=C(O)C(F)(F)F. The number of nitrogens with zero attached hydrogens (tertiary/aromatic N) is 3. The Morgan fingerprint density at radius 2 is 1.55 bits per heavy atom. The normalized spacial score (nSPS) is 21.2. The molecule has 2 aromatic heterocycles. The molecule has 1 unspecified atom stereocenters. The average molecular weight is 561 g/mol. The summed E-state index contributed by atoms with van der Waals surface area (Å²) in [5.41, 5.74) is -0.0680. The zero-order valence-electron chi connectivity index (χ0n) is 19.5. The Hall–Kier alpha value is -3.43. The van der Waals surface area contributed by atoms with E-state index in [1.165, 1.54) is 0 Å². The van der Waals surface area contributed by atoms with Crippen molar-refractivity contribution >= 4 is 17.6 Å². The molecule has 1 atom stereocenters. The first-order valence-electron chi connectivity index (χ1n) is 10.8. The molecular formula is C22H23F8N3O5. The fourth-order valence-corrected chi connectivity index (χ4v) is 4.01. The minimum Gasteiger partial charge on any atom is -0.475 e. The monoisotopic (exact) mass is 561 g/mol. The number of alkyl halides is 8. The van der Waals surface area contributed by atoms with Gasteiger partial charge in [0.15, 0.2) is 0 Å². The Morgan fingerprint density at radius 3 is 2.03 bits per heavy atom. The highest BCUT2D eigenvalue weighted by Gasteiger charge is 2.59. The number of aromatic nitrogens is 1. The number of likely N-dealkylation sites (tertiary alicyclic amines) is 1. The van der Waals surface area contributed by atoms with Gasteiger partial charge in [0.05, 0.1) is 30.1 Å². The molecule has 0 bridgehead atoms. The Morgan fingerprint density at radius 1 is 0.947 bits per heavy atom. The van der Waals surface area contributed by atoms with Crippen molar-refractivity contribution in [3.8, 4) is 0 Å². The van der Waals surface area contributed by atoms with Crippen LogP contribution in [-0.2, 0) is 16.1 Å². The van der Waals surface area contributed by atoms with Crippen molar-refractivity contribution < 1.29 is 59.3 Å². The lowest BCUT2D eigenvalue weighted by Gasteiger charge is -2.45. The van der Waals surface area contributed by atoms with E-state index in [4.69, 9.17) is 24.2 Å². The number of hydrogen-bond donors (Lipinski definition) is 2. The molecule has 4 heterocycles. The Labute approximate surface area is 210 Å². The van der Waals surface area contributed by atoms with E-state index in [1.54, 1.807) is 18.7 Å². The number of halogens is 8. The molecule has 16 heteroatoms. The second kappa shape index (κ2) is 12.0. The van der Waals surface area contributed by atoms with Crippen LogP contribution in [0, 0.1) is 5.41 Å². The maximum absolute atomic E-state index is 14.8. The van der Waals surface area contributed by atoms with Gasteiger partial charge in [0.1, 0.15) is 5.76 Å². The summed E-state index contributed by atoms with van der Waals surface area (Å²) in [5, 5.41) is 14.2.